The van der Waals surface area contributed by atoms with Crippen molar-refractivity contribution in [2.24, 2.45) is 0 Å². The first kappa shape index (κ1) is 29.0. The summed E-state index contributed by atoms with van der Waals surface area (Å²) in [5.41, 5.74) is 1.07. The Morgan fingerprint density at radius 3 is 2.08 bits per heavy atom. The lowest BCUT2D eigenvalue weighted by molar-refractivity contribution is -0.140. The van der Waals surface area contributed by atoms with Gasteiger partial charge in [-0.05, 0) is 67.4 Å². The van der Waals surface area contributed by atoms with E-state index in [1.807, 2.05) is 37.3 Å². The monoisotopic (exact) mass is 557 g/mol. The number of anilines is 1. The van der Waals surface area contributed by atoms with Crippen LogP contribution in [0, 0.1) is 0 Å². The predicted molar refractivity (Wildman–Crippen MR) is 150 cm³/mol. The maximum atomic E-state index is 13.7. The van der Waals surface area contributed by atoms with Gasteiger partial charge in [0.05, 0.1) is 11.9 Å². The highest BCUT2D eigenvalue weighted by molar-refractivity contribution is 7.92. The Bertz CT molecular complexity index is 1320. The van der Waals surface area contributed by atoms with E-state index in [-0.39, 0.29) is 12.5 Å². The minimum atomic E-state index is -3.83. The number of nitrogens with zero attached hydrogens (tertiary/aromatic N) is 2. The van der Waals surface area contributed by atoms with Gasteiger partial charge < -0.3 is 15.0 Å². The van der Waals surface area contributed by atoms with Crippen LogP contribution in [0.5, 0.6) is 11.5 Å². The van der Waals surface area contributed by atoms with E-state index in [4.69, 9.17) is 16.3 Å². The highest BCUT2D eigenvalue weighted by Gasteiger charge is 2.31. The van der Waals surface area contributed by atoms with Crippen LogP contribution in [0.25, 0.3) is 0 Å². The van der Waals surface area contributed by atoms with Crippen LogP contribution in [-0.4, -0.2) is 50.5 Å². The summed E-state index contributed by atoms with van der Waals surface area (Å²) in [6.07, 6.45) is 1.40. The SMILES string of the molecule is CCNC(=O)[C@H](CC)N(Cc1ccc(Cl)cc1)C(=O)CN(c1ccc(Oc2ccccc2)cc1)S(C)(=O)=O. The summed E-state index contributed by atoms with van der Waals surface area (Å²) >= 11 is 6.01. The molecule has 2 amide bonds. The quantitative estimate of drug-likeness (QED) is 0.344. The number of hydrogen-bond acceptors (Lipinski definition) is 5. The minimum absolute atomic E-state index is 0.118. The van der Waals surface area contributed by atoms with Gasteiger partial charge in [0.25, 0.3) is 0 Å². The number of amides is 2. The number of nitrogens with one attached hydrogen (secondary N) is 1. The van der Waals surface area contributed by atoms with E-state index in [1.165, 1.54) is 4.90 Å². The van der Waals surface area contributed by atoms with Crippen molar-refractivity contribution in [3.05, 3.63) is 89.4 Å². The lowest BCUT2D eigenvalue weighted by Gasteiger charge is -2.32. The smallest absolute Gasteiger partial charge is 0.244 e. The van der Waals surface area contributed by atoms with Gasteiger partial charge >= 0.3 is 0 Å². The average Bonchev–Trinajstić information content (AvgIpc) is 2.89. The van der Waals surface area contributed by atoms with E-state index in [1.54, 1.807) is 55.5 Å². The van der Waals surface area contributed by atoms with Gasteiger partial charge in [0.1, 0.15) is 24.1 Å². The number of likely N-dealkylation sites (N-methyl/N-ethyl adjacent to an activating group) is 1. The van der Waals surface area contributed by atoms with Crippen molar-refractivity contribution in [2.75, 3.05) is 23.7 Å². The van der Waals surface area contributed by atoms with Gasteiger partial charge in [-0.1, -0.05) is 48.9 Å². The average molecular weight is 558 g/mol. The number of hydrogen-bond donors (Lipinski definition) is 1. The Morgan fingerprint density at radius 1 is 0.921 bits per heavy atom. The topological polar surface area (TPSA) is 96.0 Å². The molecule has 38 heavy (non-hydrogen) atoms. The zero-order valence-electron chi connectivity index (χ0n) is 21.6. The van der Waals surface area contributed by atoms with E-state index in [0.717, 1.165) is 16.1 Å². The predicted octanol–water partition coefficient (Wildman–Crippen LogP) is 4.84. The molecular weight excluding hydrogens is 526 g/mol. The van der Waals surface area contributed by atoms with Crippen LogP contribution < -0.4 is 14.4 Å². The summed E-state index contributed by atoms with van der Waals surface area (Å²) in [6, 6.07) is 21.8. The van der Waals surface area contributed by atoms with E-state index in [9.17, 15) is 18.0 Å². The van der Waals surface area contributed by atoms with Gasteiger partial charge in [0.15, 0.2) is 0 Å². The molecule has 10 heteroatoms. The van der Waals surface area contributed by atoms with Crippen molar-refractivity contribution in [1.82, 2.24) is 10.2 Å². The first-order chi connectivity index (χ1) is 18.1. The molecule has 0 aliphatic carbocycles. The molecule has 3 aromatic carbocycles. The highest BCUT2D eigenvalue weighted by atomic mass is 35.5. The number of halogens is 1. The second kappa shape index (κ2) is 13.3. The third-order valence-electron chi connectivity index (χ3n) is 5.79. The number of carbonyl (C=O) groups is 2. The van der Waals surface area contributed by atoms with Crippen molar-refractivity contribution in [3.8, 4) is 11.5 Å². The van der Waals surface area contributed by atoms with Gasteiger partial charge in [-0.15, -0.1) is 0 Å². The van der Waals surface area contributed by atoms with Crippen LogP contribution in [-0.2, 0) is 26.2 Å². The molecule has 1 atom stereocenters. The summed E-state index contributed by atoms with van der Waals surface area (Å²) in [5, 5.41) is 3.32. The summed E-state index contributed by atoms with van der Waals surface area (Å²) < 4.78 is 32.4. The fourth-order valence-electron chi connectivity index (χ4n) is 3.92. The lowest BCUT2D eigenvalue weighted by atomic mass is 10.1. The molecule has 1 N–H and O–H groups in total. The molecule has 0 saturated heterocycles. The number of benzene rings is 3. The van der Waals surface area contributed by atoms with Crippen molar-refractivity contribution in [3.63, 3.8) is 0 Å². The summed E-state index contributed by atoms with van der Waals surface area (Å²) in [5.74, 6) is 0.356. The molecule has 0 spiro atoms. The third-order valence-corrected chi connectivity index (χ3v) is 7.18. The van der Waals surface area contributed by atoms with Crippen molar-refractivity contribution >= 4 is 39.1 Å². The van der Waals surface area contributed by atoms with Gasteiger partial charge in [-0.2, -0.15) is 0 Å². The Labute approximate surface area is 229 Å². The fraction of sp³-hybridized carbons (Fsp3) is 0.286. The van der Waals surface area contributed by atoms with Crippen molar-refractivity contribution in [2.45, 2.75) is 32.9 Å². The van der Waals surface area contributed by atoms with Crippen LogP contribution in [0.4, 0.5) is 5.69 Å². The number of carbonyl (C=O) groups excluding carboxylic acids is 2. The Kier molecular flexibility index (Phi) is 10.2. The molecule has 3 rings (SSSR count). The molecule has 0 unspecified atom stereocenters. The van der Waals surface area contributed by atoms with Crippen LogP contribution in [0.2, 0.25) is 5.02 Å². The maximum absolute atomic E-state index is 13.7. The Balaban J connectivity index is 1.88. The molecule has 0 bridgehead atoms. The van der Waals surface area contributed by atoms with E-state index >= 15 is 0 Å². The van der Waals surface area contributed by atoms with Gasteiger partial charge in [0, 0.05) is 18.1 Å². The largest absolute Gasteiger partial charge is 0.457 e. The molecule has 0 heterocycles. The lowest BCUT2D eigenvalue weighted by Crippen LogP contribution is -2.52. The highest BCUT2D eigenvalue weighted by Crippen LogP contribution is 2.26. The molecule has 0 aliphatic heterocycles. The number of sulfonamides is 1. The van der Waals surface area contributed by atoms with Crippen LogP contribution in [0.3, 0.4) is 0 Å². The molecule has 3 aromatic rings. The number of ether oxygens (including phenoxy) is 1. The molecule has 0 aliphatic rings. The molecule has 0 aromatic heterocycles. The van der Waals surface area contributed by atoms with Crippen LogP contribution in [0.1, 0.15) is 25.8 Å². The zero-order chi connectivity index (χ0) is 27.7. The number of para-hydroxylation sites is 1. The van der Waals surface area contributed by atoms with Gasteiger partial charge in [-0.25, -0.2) is 8.42 Å². The molecule has 202 valence electrons. The third kappa shape index (κ3) is 7.97. The molecule has 0 fully saturated rings. The van der Waals surface area contributed by atoms with Gasteiger partial charge in [-0.3, -0.25) is 13.9 Å². The Hall–Kier alpha value is -3.56. The maximum Gasteiger partial charge on any atom is 0.244 e. The van der Waals surface area contributed by atoms with Crippen molar-refractivity contribution < 1.29 is 22.7 Å². The number of rotatable bonds is 12. The molecular formula is C28H32ClN3O5S. The molecule has 0 saturated carbocycles. The second-order valence-corrected chi connectivity index (χ2v) is 11.0. The minimum Gasteiger partial charge on any atom is -0.457 e. The van der Waals surface area contributed by atoms with E-state index in [0.29, 0.717) is 35.2 Å². The standard InChI is InChI=1S/C28H32ClN3O5S/c1-4-26(28(34)30-5-2)31(19-21-11-13-22(29)14-12-21)27(33)20-32(38(3,35)36)23-15-17-25(18-16-23)37-24-9-7-6-8-10-24/h6-18,26H,4-5,19-20H2,1-3H3,(H,30,34)/t26-/m0/s1. The summed E-state index contributed by atoms with van der Waals surface area (Å²) in [7, 11) is -3.83. The molecule has 0 radical (unpaired) electrons. The zero-order valence-corrected chi connectivity index (χ0v) is 23.2. The van der Waals surface area contributed by atoms with E-state index < -0.39 is 28.5 Å². The second-order valence-electron chi connectivity index (χ2n) is 8.65. The molecule has 8 nitrogen and oxygen atoms in total. The normalized spacial score (nSPS) is 11.9. The summed E-state index contributed by atoms with van der Waals surface area (Å²) in [4.78, 5) is 27.9. The van der Waals surface area contributed by atoms with Crippen molar-refractivity contribution in [1.29, 1.82) is 0 Å². The first-order valence-electron chi connectivity index (χ1n) is 12.2. The van der Waals surface area contributed by atoms with Crippen LogP contribution in [0.15, 0.2) is 78.9 Å². The van der Waals surface area contributed by atoms with Crippen LogP contribution >= 0.6 is 11.6 Å². The van der Waals surface area contributed by atoms with Gasteiger partial charge in [0.2, 0.25) is 21.8 Å². The summed E-state index contributed by atoms with van der Waals surface area (Å²) in [6.45, 7) is 3.66. The fourth-order valence-corrected chi connectivity index (χ4v) is 4.89. The van der Waals surface area contributed by atoms with E-state index in [2.05, 4.69) is 5.32 Å². The first-order valence-corrected chi connectivity index (χ1v) is 14.5. The Morgan fingerprint density at radius 2 is 1.53 bits per heavy atom.